The molecule has 1 atom stereocenters. The molecule has 0 amide bonds. The number of rotatable bonds is 19. The van der Waals surface area contributed by atoms with Crippen LogP contribution in [0.4, 0.5) is 0 Å². The largest absolute Gasteiger partial charge is 1.00 e. The topological polar surface area (TPSA) is 83.5 Å². The second-order valence-corrected chi connectivity index (χ2v) is 13.0. The van der Waals surface area contributed by atoms with Crippen LogP contribution in [0.1, 0.15) is 113 Å². The zero-order valence-corrected chi connectivity index (χ0v) is 27.6. The minimum absolute atomic E-state index is 0. The molecule has 0 N–H and O–H groups in total. The van der Waals surface area contributed by atoms with Gasteiger partial charge >= 0.3 is 35.5 Å². The number of carbonyl (C=O) groups is 1. The molecule has 38 heavy (non-hydrogen) atoms. The number of hydrogen-bond acceptors (Lipinski definition) is 6. The van der Waals surface area contributed by atoms with Gasteiger partial charge in [-0.1, -0.05) is 90.9 Å². The van der Waals surface area contributed by atoms with Crippen LogP contribution < -0.4 is 34.3 Å². The van der Waals surface area contributed by atoms with Gasteiger partial charge in [0.25, 0.3) is 0 Å². The maximum absolute atomic E-state index is 12.6. The van der Waals surface area contributed by atoms with E-state index in [2.05, 4.69) is 6.92 Å². The molecule has 1 aromatic carbocycles. The van der Waals surface area contributed by atoms with Crippen molar-refractivity contribution in [3.05, 3.63) is 45.6 Å². The molecule has 0 saturated heterocycles. The molecule has 0 aliphatic carbocycles. The summed E-state index contributed by atoms with van der Waals surface area (Å²) in [5.74, 6) is -0.405. The van der Waals surface area contributed by atoms with Gasteiger partial charge in [-0.3, -0.25) is 4.79 Å². The second kappa shape index (κ2) is 19.4. The molecule has 2 rings (SSSR count). The molecule has 0 fully saturated rings. The first kappa shape index (κ1) is 35.3. The van der Waals surface area contributed by atoms with Crippen LogP contribution in [0.3, 0.4) is 0 Å². The van der Waals surface area contributed by atoms with E-state index in [0.29, 0.717) is 18.4 Å². The van der Waals surface area contributed by atoms with E-state index >= 15 is 0 Å². The Bertz CT molecular complexity index is 1050. The van der Waals surface area contributed by atoms with Gasteiger partial charge in [0.15, 0.2) is 0 Å². The van der Waals surface area contributed by atoms with Crippen LogP contribution in [-0.4, -0.2) is 18.9 Å². The summed E-state index contributed by atoms with van der Waals surface area (Å²) in [7, 11) is -4.59. The first-order chi connectivity index (χ1) is 17.7. The molecule has 0 radical (unpaired) electrons. The van der Waals surface area contributed by atoms with Crippen molar-refractivity contribution >= 4 is 27.4 Å². The van der Waals surface area contributed by atoms with Gasteiger partial charge in [-0.2, -0.15) is 0 Å². The Morgan fingerprint density at radius 2 is 1.45 bits per heavy atom. The van der Waals surface area contributed by atoms with E-state index in [1.165, 1.54) is 81.2 Å². The van der Waals surface area contributed by atoms with E-state index in [9.17, 15) is 17.8 Å². The summed E-state index contributed by atoms with van der Waals surface area (Å²) >= 11 is 1.66. The third kappa shape index (κ3) is 14.1. The first-order valence-electron chi connectivity index (χ1n) is 14.1. The number of carbonyl (C=O) groups excluding carboxylic acids is 1. The second-order valence-electron chi connectivity index (χ2n) is 10.3. The number of aryl methyl sites for hydroxylation is 2. The minimum atomic E-state index is -4.59. The van der Waals surface area contributed by atoms with Crippen LogP contribution in [0.5, 0.6) is 5.75 Å². The zero-order valence-electron chi connectivity index (χ0n) is 23.9. The molecule has 1 unspecified atom stereocenters. The fourth-order valence-electron chi connectivity index (χ4n) is 4.59. The molecule has 1 heterocycles. The summed E-state index contributed by atoms with van der Waals surface area (Å²) in [5.41, 5.74) is 0.435. The SMILES string of the molecule is CCCCCCCCCCCCCCCc1cc(OC(=O)C(C)Cc2ccc(C)s2)ccc1S(=O)(=O)[O-].[Na+]. The number of ether oxygens (including phenoxy) is 1. The summed E-state index contributed by atoms with van der Waals surface area (Å²) in [6.07, 6.45) is 17.0. The number of unbranched alkanes of at least 4 members (excludes halogenated alkanes) is 12. The Morgan fingerprint density at radius 1 is 0.895 bits per heavy atom. The zero-order chi connectivity index (χ0) is 27.1. The van der Waals surface area contributed by atoms with Crippen molar-refractivity contribution in [1.82, 2.24) is 0 Å². The molecule has 5 nitrogen and oxygen atoms in total. The summed E-state index contributed by atoms with van der Waals surface area (Å²) in [5, 5.41) is 0. The predicted molar refractivity (Wildman–Crippen MR) is 151 cm³/mol. The van der Waals surface area contributed by atoms with E-state index < -0.39 is 10.1 Å². The van der Waals surface area contributed by atoms with E-state index in [1.807, 2.05) is 26.0 Å². The maximum Gasteiger partial charge on any atom is 1.00 e. The van der Waals surface area contributed by atoms with Gasteiger partial charge in [0, 0.05) is 9.75 Å². The number of esters is 1. The first-order valence-corrected chi connectivity index (χ1v) is 16.3. The molecule has 2 aromatic rings. The van der Waals surface area contributed by atoms with Crippen LogP contribution in [0.2, 0.25) is 0 Å². The van der Waals surface area contributed by atoms with Crippen LogP contribution in [0.25, 0.3) is 0 Å². The smallest absolute Gasteiger partial charge is 0.744 e. The van der Waals surface area contributed by atoms with Crippen LogP contribution >= 0.6 is 11.3 Å². The van der Waals surface area contributed by atoms with Crippen molar-refractivity contribution in [1.29, 1.82) is 0 Å². The Labute approximate surface area is 257 Å². The van der Waals surface area contributed by atoms with Crippen molar-refractivity contribution < 1.29 is 52.1 Å². The van der Waals surface area contributed by atoms with Gasteiger partial charge in [0.05, 0.1) is 10.8 Å². The van der Waals surface area contributed by atoms with E-state index in [4.69, 9.17) is 4.74 Å². The van der Waals surface area contributed by atoms with Gasteiger partial charge in [-0.05, 0) is 62.1 Å². The van der Waals surface area contributed by atoms with Gasteiger partial charge in [-0.15, -0.1) is 11.3 Å². The molecule has 8 heteroatoms. The van der Waals surface area contributed by atoms with E-state index in [-0.39, 0.29) is 52.1 Å². The average Bonchev–Trinajstić information content (AvgIpc) is 3.25. The summed E-state index contributed by atoms with van der Waals surface area (Å²) in [4.78, 5) is 14.7. The quantitative estimate of drug-likeness (QED) is 0.0742. The van der Waals surface area contributed by atoms with Crippen molar-refractivity contribution in [3.8, 4) is 5.75 Å². The normalized spacial score (nSPS) is 12.2. The molecule has 0 aliphatic heterocycles. The predicted octanol–water partition coefficient (Wildman–Crippen LogP) is 5.38. The van der Waals surface area contributed by atoms with E-state index in [1.54, 1.807) is 17.4 Å². The molecule has 1 aromatic heterocycles. The van der Waals surface area contributed by atoms with Crippen molar-refractivity contribution in [2.75, 3.05) is 0 Å². The minimum Gasteiger partial charge on any atom is -0.744 e. The molecule has 0 spiro atoms. The van der Waals surface area contributed by atoms with Crippen LogP contribution in [0, 0.1) is 12.8 Å². The molecule has 0 bridgehead atoms. The Kier molecular flexibility index (Phi) is 18.0. The number of hydrogen-bond donors (Lipinski definition) is 0. The molecular weight excluding hydrogens is 527 g/mol. The van der Waals surface area contributed by atoms with Gasteiger partial charge in [-0.25, -0.2) is 8.42 Å². The van der Waals surface area contributed by atoms with Crippen LogP contribution in [-0.2, 0) is 27.8 Å². The Balaban J connectivity index is 0.00000722. The monoisotopic (exact) mass is 572 g/mol. The molecule has 208 valence electrons. The van der Waals surface area contributed by atoms with Crippen molar-refractivity contribution in [2.24, 2.45) is 5.92 Å². The number of thiophene rings is 1. The molecule has 0 saturated carbocycles. The summed E-state index contributed by atoms with van der Waals surface area (Å²) in [6.45, 7) is 6.10. The fraction of sp³-hybridized carbons (Fsp3) is 0.633. The average molecular weight is 573 g/mol. The van der Waals surface area contributed by atoms with Crippen molar-refractivity contribution in [3.63, 3.8) is 0 Å². The van der Waals surface area contributed by atoms with Crippen molar-refractivity contribution in [2.45, 2.75) is 122 Å². The fourth-order valence-corrected chi connectivity index (χ4v) is 6.32. The standard InChI is InChI=1S/C30H46O5S2.Na/c1-4-5-6-7-8-9-10-11-12-13-14-15-16-17-26-23-27(19-21-29(26)37(32,33)34)35-30(31)24(2)22-28-20-18-25(3)36-28;/h18-21,23-24H,4-17,22H2,1-3H3,(H,32,33,34);/q;+1/p-1. The molecule has 0 aliphatic rings. The van der Waals surface area contributed by atoms with Gasteiger partial charge in [0.1, 0.15) is 15.9 Å². The Hall–Kier alpha value is -0.700. The molecular formula is C30H45NaO5S2. The van der Waals surface area contributed by atoms with Gasteiger partial charge in [0.2, 0.25) is 0 Å². The summed E-state index contributed by atoms with van der Waals surface area (Å²) in [6, 6.07) is 8.27. The third-order valence-corrected chi connectivity index (χ3v) is 8.74. The summed E-state index contributed by atoms with van der Waals surface area (Å²) < 4.78 is 40.9. The van der Waals surface area contributed by atoms with E-state index in [0.717, 1.165) is 24.1 Å². The Morgan fingerprint density at radius 3 is 1.95 bits per heavy atom. The van der Waals surface area contributed by atoms with Crippen LogP contribution in [0.15, 0.2) is 35.2 Å². The maximum atomic E-state index is 12.6. The number of benzene rings is 1. The third-order valence-electron chi connectivity index (χ3n) is 6.78. The van der Waals surface area contributed by atoms with Gasteiger partial charge < -0.3 is 9.29 Å².